The van der Waals surface area contributed by atoms with Crippen molar-refractivity contribution in [1.29, 1.82) is 0 Å². The quantitative estimate of drug-likeness (QED) is 0.560. The monoisotopic (exact) mass is 391 g/mol. The fraction of sp³-hybridized carbons (Fsp3) is 0.136. The van der Waals surface area contributed by atoms with Crippen molar-refractivity contribution in [2.24, 2.45) is 0 Å². The number of nitrogens with one attached hydrogen (secondary N) is 2. The van der Waals surface area contributed by atoms with Gasteiger partial charge in [0, 0.05) is 30.4 Å². The van der Waals surface area contributed by atoms with Crippen LogP contribution in [0.1, 0.15) is 12.5 Å². The first-order valence-corrected chi connectivity index (χ1v) is 8.95. The number of anilines is 2. The van der Waals surface area contributed by atoms with Crippen LogP contribution in [0.2, 0.25) is 0 Å². The summed E-state index contributed by atoms with van der Waals surface area (Å²) in [6, 6.07) is 13.9. The van der Waals surface area contributed by atoms with E-state index in [1.54, 1.807) is 48.5 Å². The van der Waals surface area contributed by atoms with Crippen LogP contribution in [-0.4, -0.2) is 36.3 Å². The molecule has 1 aliphatic rings. The molecule has 0 fully saturated rings. The van der Waals surface area contributed by atoms with Gasteiger partial charge in [0.2, 0.25) is 5.91 Å². The van der Waals surface area contributed by atoms with Crippen LogP contribution in [0.15, 0.2) is 66.9 Å². The molecule has 0 aliphatic carbocycles. The highest BCUT2D eigenvalue weighted by Gasteiger charge is 2.39. The van der Waals surface area contributed by atoms with E-state index in [0.717, 1.165) is 4.90 Å². The van der Waals surface area contributed by atoms with Crippen LogP contribution in [0, 0.1) is 0 Å². The summed E-state index contributed by atoms with van der Waals surface area (Å²) < 4.78 is 5.38. The zero-order valence-electron chi connectivity index (χ0n) is 16.2. The molecular formula is C22H21N3O4. The molecule has 3 rings (SSSR count). The van der Waals surface area contributed by atoms with Gasteiger partial charge in [-0.25, -0.2) is 0 Å². The molecule has 0 radical (unpaired) electrons. The van der Waals surface area contributed by atoms with Gasteiger partial charge in [-0.2, -0.15) is 0 Å². The Kier molecular flexibility index (Phi) is 5.78. The number of rotatable bonds is 7. The van der Waals surface area contributed by atoms with Crippen LogP contribution < -0.4 is 15.4 Å². The Hall–Kier alpha value is -3.87. The molecule has 2 N–H and O–H groups in total. The molecule has 0 atom stereocenters. The van der Waals surface area contributed by atoms with E-state index in [1.807, 2.05) is 0 Å². The topological polar surface area (TPSA) is 87.7 Å². The first-order valence-electron chi connectivity index (χ1n) is 8.95. The molecule has 2 aromatic carbocycles. The highest BCUT2D eigenvalue weighted by atomic mass is 16.5. The maximum absolute atomic E-state index is 13.0. The van der Waals surface area contributed by atoms with Gasteiger partial charge in [0.15, 0.2) is 0 Å². The average Bonchev–Trinajstić information content (AvgIpc) is 2.93. The third kappa shape index (κ3) is 4.03. The van der Waals surface area contributed by atoms with Crippen LogP contribution in [0.25, 0.3) is 5.57 Å². The summed E-state index contributed by atoms with van der Waals surface area (Å²) in [5.74, 6) is -0.550. The second kappa shape index (κ2) is 8.43. The summed E-state index contributed by atoms with van der Waals surface area (Å²) in [5.41, 5.74) is 2.15. The van der Waals surface area contributed by atoms with Crippen molar-refractivity contribution >= 4 is 34.7 Å². The fourth-order valence-electron chi connectivity index (χ4n) is 3.07. The summed E-state index contributed by atoms with van der Waals surface area (Å²) in [6.07, 6.45) is 1.50. The molecule has 3 amide bonds. The van der Waals surface area contributed by atoms with E-state index in [2.05, 4.69) is 17.2 Å². The van der Waals surface area contributed by atoms with Crippen molar-refractivity contribution < 1.29 is 19.1 Å². The van der Waals surface area contributed by atoms with Gasteiger partial charge < -0.3 is 15.4 Å². The van der Waals surface area contributed by atoms with E-state index in [-0.39, 0.29) is 23.7 Å². The Morgan fingerprint density at radius 1 is 1.07 bits per heavy atom. The predicted octanol–water partition coefficient (Wildman–Crippen LogP) is 3.03. The van der Waals surface area contributed by atoms with Gasteiger partial charge in [0.05, 0.1) is 12.7 Å². The van der Waals surface area contributed by atoms with Gasteiger partial charge in [-0.3, -0.25) is 19.3 Å². The molecular weight excluding hydrogens is 370 g/mol. The van der Waals surface area contributed by atoms with E-state index in [1.165, 1.54) is 20.1 Å². The van der Waals surface area contributed by atoms with Crippen LogP contribution in [0.5, 0.6) is 5.75 Å². The number of ether oxygens (including phenoxy) is 1. The zero-order chi connectivity index (χ0) is 21.0. The maximum Gasteiger partial charge on any atom is 0.278 e. The number of amides is 3. The van der Waals surface area contributed by atoms with Crippen molar-refractivity contribution in [1.82, 2.24) is 4.90 Å². The Morgan fingerprint density at radius 2 is 1.72 bits per heavy atom. The van der Waals surface area contributed by atoms with Crippen molar-refractivity contribution in [3.63, 3.8) is 0 Å². The van der Waals surface area contributed by atoms with Gasteiger partial charge in [0.1, 0.15) is 11.4 Å². The van der Waals surface area contributed by atoms with Gasteiger partial charge >= 0.3 is 0 Å². The number of imide groups is 1. The second-order valence-electron chi connectivity index (χ2n) is 6.34. The van der Waals surface area contributed by atoms with Gasteiger partial charge in [-0.05, 0) is 30.3 Å². The molecule has 0 saturated carbocycles. The molecule has 7 nitrogen and oxygen atoms in total. The van der Waals surface area contributed by atoms with Crippen molar-refractivity contribution in [3.05, 3.63) is 72.4 Å². The minimum absolute atomic E-state index is 0.100. The molecule has 2 aromatic rings. The zero-order valence-corrected chi connectivity index (χ0v) is 16.2. The number of nitrogens with zero attached hydrogens (tertiary/aromatic N) is 1. The number of methoxy groups -OCH3 is 1. The standard InChI is InChI=1S/C22H21N3O4/c1-4-13-25-21(27)19(17-7-5-6-8-18(17)29-3)20(22(25)28)24-16-11-9-15(10-12-16)23-14(2)26/h4-12,24H,1,13H2,2-3H3,(H,23,26). The molecule has 0 bridgehead atoms. The lowest BCUT2D eigenvalue weighted by Gasteiger charge is -2.12. The summed E-state index contributed by atoms with van der Waals surface area (Å²) in [7, 11) is 1.51. The SMILES string of the molecule is C=CCN1C(=O)C(Nc2ccc(NC(C)=O)cc2)=C(c2ccccc2OC)C1=O. The number of benzene rings is 2. The number of hydrogen-bond donors (Lipinski definition) is 2. The number of para-hydroxylation sites is 1. The Bertz CT molecular complexity index is 1010. The Labute approximate surface area is 168 Å². The van der Waals surface area contributed by atoms with Gasteiger partial charge in [-0.15, -0.1) is 6.58 Å². The van der Waals surface area contributed by atoms with Gasteiger partial charge in [0.25, 0.3) is 11.8 Å². The van der Waals surface area contributed by atoms with Gasteiger partial charge in [-0.1, -0.05) is 24.3 Å². The molecule has 0 aromatic heterocycles. The highest BCUT2D eigenvalue weighted by molar-refractivity contribution is 6.37. The third-order valence-corrected chi connectivity index (χ3v) is 4.33. The second-order valence-corrected chi connectivity index (χ2v) is 6.34. The largest absolute Gasteiger partial charge is 0.496 e. The van der Waals surface area contributed by atoms with E-state index in [0.29, 0.717) is 22.7 Å². The molecule has 1 heterocycles. The van der Waals surface area contributed by atoms with Crippen LogP contribution in [0.4, 0.5) is 11.4 Å². The molecule has 0 unspecified atom stereocenters. The van der Waals surface area contributed by atoms with Crippen molar-refractivity contribution in [3.8, 4) is 5.75 Å². The van der Waals surface area contributed by atoms with E-state index >= 15 is 0 Å². The Balaban J connectivity index is 2.03. The first-order chi connectivity index (χ1) is 14.0. The predicted molar refractivity (Wildman–Crippen MR) is 111 cm³/mol. The maximum atomic E-state index is 13.0. The lowest BCUT2D eigenvalue weighted by Crippen LogP contribution is -2.32. The molecule has 148 valence electrons. The van der Waals surface area contributed by atoms with E-state index in [4.69, 9.17) is 4.74 Å². The lowest BCUT2D eigenvalue weighted by atomic mass is 10.0. The normalized spacial score (nSPS) is 13.5. The summed E-state index contributed by atoms with van der Waals surface area (Å²) in [6.45, 7) is 5.15. The molecule has 0 spiro atoms. The summed E-state index contributed by atoms with van der Waals surface area (Å²) in [4.78, 5) is 38.3. The fourth-order valence-corrected chi connectivity index (χ4v) is 3.07. The van der Waals surface area contributed by atoms with Crippen LogP contribution >= 0.6 is 0 Å². The minimum atomic E-state index is -0.443. The molecule has 0 saturated heterocycles. The summed E-state index contributed by atoms with van der Waals surface area (Å²) >= 11 is 0. The number of carbonyl (C=O) groups excluding carboxylic acids is 3. The highest BCUT2D eigenvalue weighted by Crippen LogP contribution is 2.35. The molecule has 1 aliphatic heterocycles. The summed E-state index contributed by atoms with van der Waals surface area (Å²) in [5, 5.41) is 5.73. The van der Waals surface area contributed by atoms with Crippen molar-refractivity contribution in [2.75, 3.05) is 24.3 Å². The molecule has 7 heteroatoms. The Morgan fingerprint density at radius 3 is 2.34 bits per heavy atom. The smallest absolute Gasteiger partial charge is 0.278 e. The van der Waals surface area contributed by atoms with E-state index in [9.17, 15) is 14.4 Å². The average molecular weight is 391 g/mol. The van der Waals surface area contributed by atoms with Crippen LogP contribution in [0.3, 0.4) is 0 Å². The van der Waals surface area contributed by atoms with E-state index < -0.39 is 11.8 Å². The molecule has 29 heavy (non-hydrogen) atoms. The number of carbonyl (C=O) groups is 3. The minimum Gasteiger partial charge on any atom is -0.496 e. The third-order valence-electron chi connectivity index (χ3n) is 4.33. The number of hydrogen-bond acceptors (Lipinski definition) is 5. The first kappa shape index (κ1) is 19.9. The van der Waals surface area contributed by atoms with Crippen molar-refractivity contribution in [2.45, 2.75) is 6.92 Å². The van der Waals surface area contributed by atoms with Crippen LogP contribution in [-0.2, 0) is 14.4 Å². The lowest BCUT2D eigenvalue weighted by molar-refractivity contribution is -0.136.